The van der Waals surface area contributed by atoms with Gasteiger partial charge >= 0.3 is 0 Å². The van der Waals surface area contributed by atoms with Crippen molar-refractivity contribution in [2.45, 2.75) is 6.92 Å². The molecule has 20 heavy (non-hydrogen) atoms. The molecule has 0 aliphatic heterocycles. The van der Waals surface area contributed by atoms with E-state index in [4.69, 9.17) is 0 Å². The average Bonchev–Trinajstić information content (AvgIpc) is 2.77. The number of nitrogens with zero attached hydrogens (tertiary/aromatic N) is 3. The molecule has 0 N–H and O–H groups in total. The predicted molar refractivity (Wildman–Crippen MR) is 68.3 cm³/mol. The van der Waals surface area contributed by atoms with E-state index in [1.165, 1.54) is 23.7 Å². The minimum atomic E-state index is -0.768. The molecule has 0 radical (unpaired) electrons. The van der Waals surface area contributed by atoms with Crippen LogP contribution in [0.1, 0.15) is 17.3 Å². The van der Waals surface area contributed by atoms with Crippen molar-refractivity contribution in [1.29, 1.82) is 0 Å². The number of hydrogen-bond donors (Lipinski definition) is 0. The molecular weight excluding hydrogens is 264 g/mol. The first-order valence-electron chi connectivity index (χ1n) is 5.88. The molecule has 1 aromatic carbocycles. The Morgan fingerprint density at radius 2 is 1.90 bits per heavy atom. The minimum absolute atomic E-state index is 0.0354. The number of halogens is 2. The summed E-state index contributed by atoms with van der Waals surface area (Å²) in [5, 5.41) is 4.08. The van der Waals surface area contributed by atoms with E-state index in [9.17, 15) is 13.6 Å². The fourth-order valence-electron chi connectivity index (χ4n) is 2.11. The Bertz CT molecular complexity index is 806. The Morgan fingerprint density at radius 1 is 1.20 bits per heavy atom. The number of rotatable bonds is 2. The van der Waals surface area contributed by atoms with Crippen molar-refractivity contribution in [2.75, 3.05) is 0 Å². The molecule has 2 aromatic heterocycles. The van der Waals surface area contributed by atoms with Gasteiger partial charge in [-0.25, -0.2) is 18.3 Å². The quantitative estimate of drug-likeness (QED) is 0.674. The van der Waals surface area contributed by atoms with E-state index in [0.29, 0.717) is 0 Å². The van der Waals surface area contributed by atoms with Crippen LogP contribution in [-0.2, 0) is 0 Å². The molecule has 6 heteroatoms. The van der Waals surface area contributed by atoms with Crippen LogP contribution < -0.4 is 0 Å². The summed E-state index contributed by atoms with van der Waals surface area (Å²) in [5.74, 6) is -1.89. The van der Waals surface area contributed by atoms with Crippen molar-refractivity contribution in [3.05, 3.63) is 53.9 Å². The first kappa shape index (κ1) is 12.4. The maximum Gasteiger partial charge on any atom is 0.166 e. The molecule has 3 aromatic rings. The molecule has 0 aliphatic rings. The molecule has 0 unspecified atom stereocenters. The van der Waals surface area contributed by atoms with Gasteiger partial charge in [0.2, 0.25) is 0 Å². The van der Waals surface area contributed by atoms with Gasteiger partial charge in [0.1, 0.15) is 17.3 Å². The number of aromatic nitrogens is 3. The van der Waals surface area contributed by atoms with Crippen LogP contribution in [0.4, 0.5) is 8.78 Å². The summed E-state index contributed by atoms with van der Waals surface area (Å²) in [6.07, 6.45) is 3.06. The van der Waals surface area contributed by atoms with Gasteiger partial charge in [-0.1, -0.05) is 6.07 Å². The third-order valence-electron chi connectivity index (χ3n) is 2.95. The van der Waals surface area contributed by atoms with E-state index in [2.05, 4.69) is 10.1 Å². The maximum absolute atomic E-state index is 13.9. The molecule has 0 aliphatic carbocycles. The van der Waals surface area contributed by atoms with Crippen molar-refractivity contribution >= 4 is 11.4 Å². The molecule has 100 valence electrons. The van der Waals surface area contributed by atoms with E-state index in [-0.39, 0.29) is 28.3 Å². The molecule has 0 bridgehead atoms. The number of benzene rings is 1. The van der Waals surface area contributed by atoms with E-state index in [0.717, 1.165) is 12.1 Å². The standard InChI is InChI=1S/C14H9F2N3O/c1-8(20)11-13(12-9(15)4-2-5-10(12)16)18-19-7-3-6-17-14(11)19/h2-7H,1H3. The van der Waals surface area contributed by atoms with Crippen LogP contribution in [0.3, 0.4) is 0 Å². The van der Waals surface area contributed by atoms with Gasteiger partial charge in [0, 0.05) is 12.4 Å². The minimum Gasteiger partial charge on any atom is -0.294 e. The van der Waals surface area contributed by atoms with Gasteiger partial charge in [-0.15, -0.1) is 0 Å². The molecule has 3 rings (SSSR count). The zero-order valence-electron chi connectivity index (χ0n) is 10.5. The van der Waals surface area contributed by atoms with Crippen molar-refractivity contribution in [2.24, 2.45) is 0 Å². The number of ketones is 1. The second-order valence-corrected chi connectivity index (χ2v) is 4.26. The summed E-state index contributed by atoms with van der Waals surface area (Å²) in [4.78, 5) is 15.8. The number of hydrogen-bond acceptors (Lipinski definition) is 3. The van der Waals surface area contributed by atoms with Gasteiger partial charge in [0.05, 0.1) is 11.1 Å². The molecule has 0 fully saturated rings. The summed E-state index contributed by atoms with van der Waals surface area (Å²) in [6.45, 7) is 1.31. The highest BCUT2D eigenvalue weighted by Gasteiger charge is 2.23. The summed E-state index contributed by atoms with van der Waals surface area (Å²) < 4.78 is 29.1. The molecule has 2 heterocycles. The molecule has 0 amide bonds. The van der Waals surface area contributed by atoms with Crippen LogP contribution in [-0.4, -0.2) is 20.4 Å². The summed E-state index contributed by atoms with van der Waals surface area (Å²) in [5.41, 5.74) is 0.0299. The highest BCUT2D eigenvalue weighted by atomic mass is 19.1. The highest BCUT2D eigenvalue weighted by molar-refractivity contribution is 6.05. The number of Topliss-reactive ketones (excluding diaryl/α,β-unsaturated/α-hetero) is 1. The Balaban J connectivity index is 2.42. The molecule has 0 saturated carbocycles. The lowest BCUT2D eigenvalue weighted by Crippen LogP contribution is -1.98. The van der Waals surface area contributed by atoms with Crippen molar-refractivity contribution in [1.82, 2.24) is 14.6 Å². The fourth-order valence-corrected chi connectivity index (χ4v) is 2.11. The number of carbonyl (C=O) groups is 1. The van der Waals surface area contributed by atoms with Crippen LogP contribution >= 0.6 is 0 Å². The van der Waals surface area contributed by atoms with Crippen molar-refractivity contribution < 1.29 is 13.6 Å². The zero-order chi connectivity index (χ0) is 14.3. The van der Waals surface area contributed by atoms with Gasteiger partial charge in [-0.05, 0) is 25.1 Å². The number of carbonyl (C=O) groups excluding carboxylic acids is 1. The Morgan fingerprint density at radius 3 is 2.55 bits per heavy atom. The van der Waals surface area contributed by atoms with Gasteiger partial charge in [-0.2, -0.15) is 5.10 Å². The third-order valence-corrected chi connectivity index (χ3v) is 2.95. The largest absolute Gasteiger partial charge is 0.294 e. The SMILES string of the molecule is CC(=O)c1c(-c2c(F)cccc2F)nn2cccnc12. The summed E-state index contributed by atoms with van der Waals surface area (Å²) in [6, 6.07) is 5.13. The zero-order valence-corrected chi connectivity index (χ0v) is 10.5. The van der Waals surface area contributed by atoms with Crippen LogP contribution in [0.15, 0.2) is 36.7 Å². The first-order valence-corrected chi connectivity index (χ1v) is 5.88. The highest BCUT2D eigenvalue weighted by Crippen LogP contribution is 2.29. The lowest BCUT2D eigenvalue weighted by molar-refractivity contribution is 0.101. The van der Waals surface area contributed by atoms with Crippen molar-refractivity contribution in [3.63, 3.8) is 0 Å². The topological polar surface area (TPSA) is 47.3 Å². The third kappa shape index (κ3) is 1.77. The maximum atomic E-state index is 13.9. The van der Waals surface area contributed by atoms with E-state index >= 15 is 0 Å². The Labute approximate surface area is 112 Å². The first-order chi connectivity index (χ1) is 9.59. The fraction of sp³-hybridized carbons (Fsp3) is 0.0714. The normalized spacial score (nSPS) is 10.9. The van der Waals surface area contributed by atoms with Crippen LogP contribution in [0.5, 0.6) is 0 Å². The molecule has 0 atom stereocenters. The second kappa shape index (κ2) is 4.48. The molecule has 4 nitrogen and oxygen atoms in total. The van der Waals surface area contributed by atoms with E-state index in [1.54, 1.807) is 12.3 Å². The molecular formula is C14H9F2N3O. The van der Waals surface area contributed by atoms with E-state index < -0.39 is 11.6 Å². The summed E-state index contributed by atoms with van der Waals surface area (Å²) >= 11 is 0. The van der Waals surface area contributed by atoms with Crippen molar-refractivity contribution in [3.8, 4) is 11.3 Å². The van der Waals surface area contributed by atoms with Gasteiger partial charge in [-0.3, -0.25) is 4.79 Å². The monoisotopic (exact) mass is 273 g/mol. The lowest BCUT2D eigenvalue weighted by Gasteiger charge is -2.02. The van der Waals surface area contributed by atoms with E-state index in [1.807, 2.05) is 0 Å². The van der Waals surface area contributed by atoms with Crippen LogP contribution in [0, 0.1) is 11.6 Å². The average molecular weight is 273 g/mol. The Kier molecular flexibility index (Phi) is 2.78. The lowest BCUT2D eigenvalue weighted by atomic mass is 10.0. The second-order valence-electron chi connectivity index (χ2n) is 4.26. The van der Waals surface area contributed by atoms with Gasteiger partial charge in [0.15, 0.2) is 11.4 Å². The van der Waals surface area contributed by atoms with Crippen LogP contribution in [0.2, 0.25) is 0 Å². The molecule has 0 spiro atoms. The predicted octanol–water partition coefficient (Wildman–Crippen LogP) is 2.88. The summed E-state index contributed by atoms with van der Waals surface area (Å²) in [7, 11) is 0. The Hall–Kier alpha value is -2.63. The number of fused-ring (bicyclic) bond motifs is 1. The van der Waals surface area contributed by atoms with Gasteiger partial charge < -0.3 is 0 Å². The smallest absolute Gasteiger partial charge is 0.166 e. The molecule has 0 saturated heterocycles. The van der Waals surface area contributed by atoms with Gasteiger partial charge in [0.25, 0.3) is 0 Å². The van der Waals surface area contributed by atoms with Crippen LogP contribution in [0.25, 0.3) is 16.9 Å².